The van der Waals surface area contributed by atoms with Crippen LogP contribution in [0.4, 0.5) is 4.39 Å². The molecule has 4 rings (SSSR count). The zero-order valence-electron chi connectivity index (χ0n) is 17.6. The topological polar surface area (TPSA) is 55.2 Å². The van der Waals surface area contributed by atoms with Gasteiger partial charge in [-0.15, -0.1) is 0 Å². The van der Waals surface area contributed by atoms with Crippen LogP contribution in [0.2, 0.25) is 0 Å². The van der Waals surface area contributed by atoms with E-state index in [2.05, 4.69) is 4.98 Å². The number of fused-ring (bicyclic) bond motifs is 1. The van der Waals surface area contributed by atoms with E-state index in [1.54, 1.807) is 28.8 Å². The molecule has 0 spiro atoms. The summed E-state index contributed by atoms with van der Waals surface area (Å²) in [6.45, 7) is 0.270. The summed E-state index contributed by atoms with van der Waals surface area (Å²) < 4.78 is 14.9. The lowest BCUT2D eigenvalue weighted by Crippen LogP contribution is -2.39. The first kappa shape index (κ1) is 21.6. The molecule has 0 atom stereocenters. The fraction of sp³-hybridized carbons (Fsp3) is 0.375. The Morgan fingerprint density at radius 1 is 1.13 bits per heavy atom. The lowest BCUT2D eigenvalue weighted by molar-refractivity contribution is -0.129. The first-order valence-corrected chi connectivity index (χ1v) is 11.6. The summed E-state index contributed by atoms with van der Waals surface area (Å²) in [5, 5.41) is 1.03. The minimum Gasteiger partial charge on any atom is -0.342 e. The minimum atomic E-state index is -0.321. The Balaban J connectivity index is 1.60. The molecular formula is C24H26FN3O2S. The van der Waals surface area contributed by atoms with Crippen molar-refractivity contribution in [2.75, 3.05) is 12.8 Å². The molecule has 0 saturated heterocycles. The molecule has 162 valence electrons. The molecule has 1 aromatic heterocycles. The molecule has 0 N–H and O–H groups in total. The first-order valence-electron chi connectivity index (χ1n) is 10.7. The average Bonchev–Trinajstić information content (AvgIpc) is 2.81. The van der Waals surface area contributed by atoms with Gasteiger partial charge in [0.15, 0.2) is 5.16 Å². The Labute approximate surface area is 185 Å². The molecule has 3 aromatic rings. The van der Waals surface area contributed by atoms with Crippen LogP contribution in [0.15, 0.2) is 58.5 Å². The summed E-state index contributed by atoms with van der Waals surface area (Å²) >= 11 is 1.29. The second-order valence-corrected chi connectivity index (χ2v) is 8.96. The van der Waals surface area contributed by atoms with Crippen LogP contribution in [0.5, 0.6) is 0 Å². The normalized spacial score (nSPS) is 14.6. The molecule has 0 aliphatic heterocycles. The summed E-state index contributed by atoms with van der Waals surface area (Å²) in [5.41, 5.74) is 1.25. The monoisotopic (exact) mass is 439 g/mol. The van der Waals surface area contributed by atoms with E-state index in [0.29, 0.717) is 22.1 Å². The van der Waals surface area contributed by atoms with Crippen molar-refractivity contribution in [3.63, 3.8) is 0 Å². The van der Waals surface area contributed by atoms with Gasteiger partial charge in [0.05, 0.1) is 23.2 Å². The second kappa shape index (κ2) is 9.64. The first-order chi connectivity index (χ1) is 15.0. The number of amides is 1. The molecule has 1 fully saturated rings. The summed E-state index contributed by atoms with van der Waals surface area (Å²) in [6.07, 6.45) is 5.68. The van der Waals surface area contributed by atoms with Gasteiger partial charge in [-0.1, -0.05) is 55.3 Å². The zero-order chi connectivity index (χ0) is 21.8. The molecule has 1 heterocycles. The molecule has 1 saturated carbocycles. The number of para-hydroxylation sites is 1. The molecule has 7 heteroatoms. The fourth-order valence-electron chi connectivity index (χ4n) is 4.07. The highest BCUT2D eigenvalue weighted by molar-refractivity contribution is 7.99. The van der Waals surface area contributed by atoms with Crippen molar-refractivity contribution in [3.05, 3.63) is 70.3 Å². The summed E-state index contributed by atoms with van der Waals surface area (Å²) in [7, 11) is 1.87. The van der Waals surface area contributed by atoms with Crippen molar-refractivity contribution in [2.24, 2.45) is 0 Å². The van der Waals surface area contributed by atoms with Gasteiger partial charge in [0, 0.05) is 13.1 Å². The summed E-state index contributed by atoms with van der Waals surface area (Å²) in [6, 6.07) is 13.6. The predicted octanol–water partition coefficient (Wildman–Crippen LogP) is 4.47. The Morgan fingerprint density at radius 3 is 2.58 bits per heavy atom. The molecule has 0 unspecified atom stereocenters. The Hall–Kier alpha value is -2.67. The van der Waals surface area contributed by atoms with Crippen LogP contribution in [0.25, 0.3) is 10.9 Å². The summed E-state index contributed by atoms with van der Waals surface area (Å²) in [5.74, 6) is -0.0485. The number of rotatable bonds is 6. The van der Waals surface area contributed by atoms with Crippen LogP contribution in [0, 0.1) is 5.82 Å². The zero-order valence-corrected chi connectivity index (χ0v) is 18.4. The van der Waals surface area contributed by atoms with E-state index < -0.39 is 0 Å². The van der Waals surface area contributed by atoms with Gasteiger partial charge in [0.1, 0.15) is 5.82 Å². The van der Waals surface area contributed by atoms with Gasteiger partial charge in [-0.05, 0) is 42.7 Å². The van der Waals surface area contributed by atoms with Crippen LogP contribution >= 0.6 is 11.8 Å². The number of aromatic nitrogens is 2. The minimum absolute atomic E-state index is 0.0487. The van der Waals surface area contributed by atoms with Crippen molar-refractivity contribution in [1.82, 2.24) is 14.5 Å². The van der Waals surface area contributed by atoms with E-state index in [-0.39, 0.29) is 29.6 Å². The number of thioether (sulfide) groups is 1. The van der Waals surface area contributed by atoms with Gasteiger partial charge in [-0.25, -0.2) is 9.37 Å². The van der Waals surface area contributed by atoms with E-state index in [1.165, 1.54) is 43.2 Å². The van der Waals surface area contributed by atoms with E-state index in [9.17, 15) is 14.0 Å². The third-order valence-corrected chi connectivity index (χ3v) is 6.88. The molecule has 5 nitrogen and oxygen atoms in total. The van der Waals surface area contributed by atoms with Gasteiger partial charge < -0.3 is 4.90 Å². The molecule has 0 bridgehead atoms. The quantitative estimate of drug-likeness (QED) is 0.420. The highest BCUT2D eigenvalue weighted by Crippen LogP contribution is 2.24. The van der Waals surface area contributed by atoms with Gasteiger partial charge in [-0.3, -0.25) is 14.2 Å². The number of nitrogens with zero attached hydrogens (tertiary/aromatic N) is 3. The van der Waals surface area contributed by atoms with Gasteiger partial charge in [-0.2, -0.15) is 0 Å². The largest absolute Gasteiger partial charge is 0.342 e. The maximum Gasteiger partial charge on any atom is 0.262 e. The molecule has 0 radical (unpaired) electrons. The van der Waals surface area contributed by atoms with Gasteiger partial charge >= 0.3 is 0 Å². The Bertz CT molecular complexity index is 1120. The average molecular weight is 440 g/mol. The summed E-state index contributed by atoms with van der Waals surface area (Å²) in [4.78, 5) is 32.5. The second-order valence-electron chi connectivity index (χ2n) is 8.01. The predicted molar refractivity (Wildman–Crippen MR) is 122 cm³/mol. The highest BCUT2D eigenvalue weighted by Gasteiger charge is 2.23. The van der Waals surface area contributed by atoms with Crippen LogP contribution in [-0.4, -0.2) is 39.2 Å². The van der Waals surface area contributed by atoms with E-state index in [4.69, 9.17) is 0 Å². The van der Waals surface area contributed by atoms with Crippen LogP contribution in [-0.2, 0) is 11.3 Å². The Morgan fingerprint density at radius 2 is 1.84 bits per heavy atom. The van der Waals surface area contributed by atoms with E-state index >= 15 is 0 Å². The maximum absolute atomic E-state index is 13.3. The highest BCUT2D eigenvalue weighted by atomic mass is 32.2. The maximum atomic E-state index is 13.3. The van der Waals surface area contributed by atoms with Crippen LogP contribution in [0.1, 0.15) is 37.7 Å². The third-order valence-electron chi connectivity index (χ3n) is 5.92. The molecule has 2 aromatic carbocycles. The molecule has 1 aliphatic carbocycles. The smallest absolute Gasteiger partial charge is 0.262 e. The fourth-order valence-corrected chi connectivity index (χ4v) is 4.99. The van der Waals surface area contributed by atoms with Crippen molar-refractivity contribution in [3.8, 4) is 0 Å². The number of carbonyl (C=O) groups excluding carboxylic acids is 1. The van der Waals surface area contributed by atoms with E-state index in [0.717, 1.165) is 18.4 Å². The van der Waals surface area contributed by atoms with Crippen LogP contribution < -0.4 is 5.56 Å². The van der Waals surface area contributed by atoms with Crippen molar-refractivity contribution >= 4 is 28.6 Å². The van der Waals surface area contributed by atoms with Crippen LogP contribution in [0.3, 0.4) is 0 Å². The Kier molecular flexibility index (Phi) is 6.70. The molecule has 31 heavy (non-hydrogen) atoms. The number of hydrogen-bond acceptors (Lipinski definition) is 4. The lowest BCUT2D eigenvalue weighted by Gasteiger charge is -2.31. The number of carbonyl (C=O) groups is 1. The number of hydrogen-bond donors (Lipinski definition) is 0. The lowest BCUT2D eigenvalue weighted by atomic mass is 9.94. The van der Waals surface area contributed by atoms with Gasteiger partial charge in [0.25, 0.3) is 5.56 Å². The van der Waals surface area contributed by atoms with E-state index in [1.807, 2.05) is 24.1 Å². The molecular weight excluding hydrogens is 413 g/mol. The molecule has 1 amide bonds. The number of halogens is 1. The SMILES string of the molecule is CN(C(=O)CSc1nc2ccccc2c(=O)n1Cc1ccc(F)cc1)C1CCCCC1. The number of benzene rings is 2. The van der Waals surface area contributed by atoms with Crippen molar-refractivity contribution < 1.29 is 9.18 Å². The van der Waals surface area contributed by atoms with Crippen molar-refractivity contribution in [1.29, 1.82) is 0 Å². The molecule has 1 aliphatic rings. The third kappa shape index (κ3) is 4.98. The van der Waals surface area contributed by atoms with Gasteiger partial charge in [0.2, 0.25) is 5.91 Å². The standard InChI is InChI=1S/C24H26FN3O2S/c1-27(19-7-3-2-4-8-19)22(29)16-31-24-26-21-10-6-5-9-20(21)23(30)28(24)15-17-11-13-18(25)14-12-17/h5-6,9-14,19H,2-4,7-8,15-16H2,1H3. The van der Waals surface area contributed by atoms with Crippen molar-refractivity contribution in [2.45, 2.75) is 49.8 Å².